The normalized spacial score (nSPS) is 13.7. The molecule has 0 fully saturated rings. The molecule has 1 aliphatic carbocycles. The van der Waals surface area contributed by atoms with E-state index in [1.54, 1.807) is 20.8 Å². The average Bonchev–Trinajstić information content (AvgIpc) is 3.04. The number of ether oxygens (including phenoxy) is 2. The Morgan fingerprint density at radius 3 is 2.03 bits per heavy atom. The number of hydrogen-bond acceptors (Lipinski definition) is 6. The number of Topliss-reactive ketones (excluding diaryl/α,β-unsaturated/α-hetero) is 1. The Bertz CT molecular complexity index is 964. The molecule has 170 valence electrons. The summed E-state index contributed by atoms with van der Waals surface area (Å²) in [5.74, 6) is -1.13. The van der Waals surface area contributed by atoms with Crippen LogP contribution in [0.25, 0.3) is 11.1 Å². The number of nitrogens with zero attached hydrogens (tertiary/aromatic N) is 1. The van der Waals surface area contributed by atoms with Gasteiger partial charge in [-0.25, -0.2) is 4.79 Å². The summed E-state index contributed by atoms with van der Waals surface area (Å²) in [5, 5.41) is 10.6. The Hall–Kier alpha value is -3.19. The van der Waals surface area contributed by atoms with E-state index in [-0.39, 0.29) is 30.4 Å². The van der Waals surface area contributed by atoms with Gasteiger partial charge in [0, 0.05) is 12.3 Å². The molecule has 0 radical (unpaired) electrons. The minimum Gasteiger partial charge on any atom is -0.460 e. The summed E-state index contributed by atoms with van der Waals surface area (Å²) in [4.78, 5) is 36.5. The number of benzene rings is 2. The number of rotatable bonds is 7. The SMILES string of the molecule is CC(=O)[C@H](CCC(=O)OC(C)(C)C)N(O)C(=O)OCC1c2ccccc2-c2ccccc21. The second-order valence-electron chi connectivity index (χ2n) is 8.90. The fourth-order valence-corrected chi connectivity index (χ4v) is 3.93. The van der Waals surface area contributed by atoms with Gasteiger partial charge in [-0.05, 0) is 56.4 Å². The van der Waals surface area contributed by atoms with Gasteiger partial charge in [0.15, 0.2) is 5.78 Å². The molecule has 1 amide bonds. The molecule has 1 aliphatic rings. The lowest BCUT2D eigenvalue weighted by Crippen LogP contribution is -2.43. The van der Waals surface area contributed by atoms with Crippen molar-refractivity contribution >= 4 is 17.8 Å². The van der Waals surface area contributed by atoms with Crippen molar-refractivity contribution in [3.63, 3.8) is 0 Å². The Morgan fingerprint density at radius 1 is 1.00 bits per heavy atom. The third kappa shape index (κ3) is 5.34. The zero-order chi connectivity index (χ0) is 23.5. The zero-order valence-electron chi connectivity index (χ0n) is 18.8. The first-order valence-corrected chi connectivity index (χ1v) is 10.6. The maximum absolute atomic E-state index is 12.5. The van der Waals surface area contributed by atoms with E-state index in [2.05, 4.69) is 0 Å². The lowest BCUT2D eigenvalue weighted by Gasteiger charge is -2.25. The standard InChI is InChI=1S/C25H29NO6/c1-16(27)22(13-14-23(28)32-25(2,3)4)26(30)24(29)31-15-21-19-11-7-5-9-17(19)18-10-6-8-12-20(18)21/h5-12,21-22,30H,13-15H2,1-4H3/t22-/m0/s1. The van der Waals surface area contributed by atoms with Gasteiger partial charge in [0.25, 0.3) is 0 Å². The van der Waals surface area contributed by atoms with Crippen molar-refractivity contribution in [1.29, 1.82) is 0 Å². The zero-order valence-corrected chi connectivity index (χ0v) is 18.8. The molecule has 7 heteroatoms. The van der Waals surface area contributed by atoms with Crippen molar-refractivity contribution in [2.45, 2.75) is 58.1 Å². The van der Waals surface area contributed by atoms with Gasteiger partial charge < -0.3 is 9.47 Å². The second-order valence-corrected chi connectivity index (χ2v) is 8.90. The molecule has 2 aromatic rings. The minimum absolute atomic E-state index is 0.0145. The summed E-state index contributed by atoms with van der Waals surface area (Å²) in [6.07, 6.45) is -1.21. The molecule has 0 saturated carbocycles. The lowest BCUT2D eigenvalue weighted by atomic mass is 9.98. The number of carbonyl (C=O) groups is 3. The van der Waals surface area contributed by atoms with Gasteiger partial charge in [0.2, 0.25) is 0 Å². The van der Waals surface area contributed by atoms with Gasteiger partial charge in [0.1, 0.15) is 18.2 Å². The van der Waals surface area contributed by atoms with E-state index in [0.717, 1.165) is 22.3 Å². The first-order valence-electron chi connectivity index (χ1n) is 10.6. The molecule has 3 rings (SSSR count). The number of amides is 1. The quantitative estimate of drug-likeness (QED) is 0.382. The molecule has 1 N–H and O–H groups in total. The van der Waals surface area contributed by atoms with Crippen molar-refractivity contribution in [2.24, 2.45) is 0 Å². The molecule has 0 bridgehead atoms. The summed E-state index contributed by atoms with van der Waals surface area (Å²) >= 11 is 0. The number of carbonyl (C=O) groups excluding carboxylic acids is 3. The molecule has 0 unspecified atom stereocenters. The minimum atomic E-state index is -1.20. The van der Waals surface area contributed by atoms with Gasteiger partial charge in [-0.3, -0.25) is 14.8 Å². The van der Waals surface area contributed by atoms with Gasteiger partial charge in [0.05, 0.1) is 0 Å². The predicted octanol–water partition coefficient (Wildman–Crippen LogP) is 4.71. The molecule has 0 aliphatic heterocycles. The molecular weight excluding hydrogens is 410 g/mol. The predicted molar refractivity (Wildman–Crippen MR) is 118 cm³/mol. The first-order chi connectivity index (χ1) is 15.1. The fourth-order valence-electron chi connectivity index (χ4n) is 3.93. The monoisotopic (exact) mass is 439 g/mol. The highest BCUT2D eigenvalue weighted by Crippen LogP contribution is 2.44. The van der Waals surface area contributed by atoms with Crippen LogP contribution >= 0.6 is 0 Å². The van der Waals surface area contributed by atoms with Crippen molar-refractivity contribution in [1.82, 2.24) is 5.06 Å². The molecule has 32 heavy (non-hydrogen) atoms. The Labute approximate surface area is 187 Å². The van der Waals surface area contributed by atoms with Crippen LogP contribution in [0, 0.1) is 0 Å². The fraction of sp³-hybridized carbons (Fsp3) is 0.400. The van der Waals surface area contributed by atoms with E-state index < -0.39 is 29.5 Å². The summed E-state index contributed by atoms with van der Waals surface area (Å²) in [5.41, 5.74) is 3.60. The third-order valence-corrected chi connectivity index (χ3v) is 5.33. The third-order valence-electron chi connectivity index (χ3n) is 5.33. The summed E-state index contributed by atoms with van der Waals surface area (Å²) in [7, 11) is 0. The van der Waals surface area contributed by atoms with Crippen LogP contribution in [0.3, 0.4) is 0 Å². The molecule has 0 heterocycles. The van der Waals surface area contributed by atoms with Crippen molar-refractivity contribution in [2.75, 3.05) is 6.61 Å². The molecule has 1 atom stereocenters. The summed E-state index contributed by atoms with van der Waals surface area (Å²) < 4.78 is 10.6. The van der Waals surface area contributed by atoms with Crippen molar-refractivity contribution < 1.29 is 29.1 Å². The van der Waals surface area contributed by atoms with Crippen molar-refractivity contribution in [3.8, 4) is 11.1 Å². The summed E-state index contributed by atoms with van der Waals surface area (Å²) in [6, 6.07) is 14.6. The largest absolute Gasteiger partial charge is 0.460 e. The van der Waals surface area contributed by atoms with E-state index >= 15 is 0 Å². The molecule has 0 saturated heterocycles. The number of ketones is 1. The van der Waals surface area contributed by atoms with Crippen LogP contribution in [-0.4, -0.2) is 46.4 Å². The first kappa shape index (κ1) is 23.5. The average molecular weight is 440 g/mol. The van der Waals surface area contributed by atoms with Crippen LogP contribution in [0.2, 0.25) is 0 Å². The van der Waals surface area contributed by atoms with Crippen LogP contribution in [0.15, 0.2) is 48.5 Å². The van der Waals surface area contributed by atoms with Gasteiger partial charge in [-0.2, -0.15) is 5.06 Å². The van der Waals surface area contributed by atoms with Gasteiger partial charge >= 0.3 is 12.1 Å². The number of hydrogen-bond donors (Lipinski definition) is 1. The smallest absolute Gasteiger partial charge is 0.434 e. The Balaban J connectivity index is 1.64. The van der Waals surface area contributed by atoms with E-state index in [1.165, 1.54) is 6.92 Å². The molecular formula is C25H29NO6. The highest BCUT2D eigenvalue weighted by Gasteiger charge is 2.32. The van der Waals surface area contributed by atoms with Gasteiger partial charge in [-0.15, -0.1) is 0 Å². The van der Waals surface area contributed by atoms with Crippen LogP contribution in [0.4, 0.5) is 4.79 Å². The molecule has 0 aromatic heterocycles. The number of hydroxylamine groups is 2. The lowest BCUT2D eigenvalue weighted by molar-refractivity contribution is -0.157. The van der Waals surface area contributed by atoms with Crippen LogP contribution in [0.5, 0.6) is 0 Å². The molecule has 0 spiro atoms. The second kappa shape index (κ2) is 9.53. The van der Waals surface area contributed by atoms with Crippen molar-refractivity contribution in [3.05, 3.63) is 59.7 Å². The molecule has 2 aromatic carbocycles. The molecule has 7 nitrogen and oxygen atoms in total. The highest BCUT2D eigenvalue weighted by atomic mass is 16.6. The maximum atomic E-state index is 12.5. The number of fused-ring (bicyclic) bond motifs is 3. The maximum Gasteiger partial charge on any atom is 0.434 e. The summed E-state index contributed by atoms with van der Waals surface area (Å²) in [6.45, 7) is 6.48. The number of esters is 1. The van der Waals surface area contributed by atoms with Crippen LogP contribution in [0.1, 0.15) is 57.6 Å². The van der Waals surface area contributed by atoms with E-state index in [4.69, 9.17) is 9.47 Å². The van der Waals surface area contributed by atoms with Gasteiger partial charge in [-0.1, -0.05) is 48.5 Å². The Kier molecular flexibility index (Phi) is 6.99. The highest BCUT2D eigenvalue weighted by molar-refractivity contribution is 5.85. The van der Waals surface area contributed by atoms with E-state index in [0.29, 0.717) is 0 Å². The topological polar surface area (TPSA) is 93.1 Å². The van der Waals surface area contributed by atoms with Crippen LogP contribution < -0.4 is 0 Å². The Morgan fingerprint density at radius 2 is 1.53 bits per heavy atom. The van der Waals surface area contributed by atoms with Crippen LogP contribution in [-0.2, 0) is 19.1 Å². The van der Waals surface area contributed by atoms with E-state index in [1.807, 2.05) is 48.5 Å². The van der Waals surface area contributed by atoms with E-state index in [9.17, 15) is 19.6 Å².